The predicted molar refractivity (Wildman–Crippen MR) is 86.0 cm³/mol. The first-order chi connectivity index (χ1) is 10.2. The molecule has 0 aliphatic heterocycles. The van der Waals surface area contributed by atoms with Gasteiger partial charge in [0.05, 0.1) is 11.3 Å². The molecule has 2 aromatic carbocycles. The van der Waals surface area contributed by atoms with Crippen LogP contribution in [0.5, 0.6) is 0 Å². The van der Waals surface area contributed by atoms with Crippen molar-refractivity contribution in [1.82, 2.24) is 0 Å². The number of hydrogen-bond acceptors (Lipinski definition) is 3. The molecule has 2 N–H and O–H groups in total. The predicted octanol–water partition coefficient (Wildman–Crippen LogP) is 3.62. The van der Waals surface area contributed by atoms with Crippen molar-refractivity contribution in [3.63, 3.8) is 0 Å². The maximum Gasteiger partial charge on any atom is 0.101 e. The Hall–Kier alpha value is -2.47. The average molecular weight is 277 g/mol. The fraction of sp³-hybridized carbons (Fsp3) is 0.278. The van der Waals surface area contributed by atoms with E-state index in [1.54, 1.807) is 0 Å². The van der Waals surface area contributed by atoms with Gasteiger partial charge >= 0.3 is 0 Å². The molecule has 106 valence electrons. The average Bonchev–Trinajstić information content (AvgIpc) is 3.31. The van der Waals surface area contributed by atoms with E-state index in [4.69, 9.17) is 5.73 Å². The molecule has 0 saturated heterocycles. The number of hydrogen-bond donors (Lipinski definition) is 1. The molecule has 0 heterocycles. The van der Waals surface area contributed by atoms with Crippen LogP contribution in [0.25, 0.3) is 0 Å². The Morgan fingerprint density at radius 2 is 2.00 bits per heavy atom. The number of nitriles is 1. The lowest BCUT2D eigenvalue weighted by atomic mass is 10.1. The van der Waals surface area contributed by atoms with Crippen LogP contribution >= 0.6 is 0 Å². The van der Waals surface area contributed by atoms with Crippen LogP contribution in [0.15, 0.2) is 42.5 Å². The van der Waals surface area contributed by atoms with Crippen LogP contribution in [-0.4, -0.2) is 6.04 Å². The Kier molecular flexibility index (Phi) is 3.53. The molecule has 0 bridgehead atoms. The minimum absolute atomic E-state index is 0.526. The lowest BCUT2D eigenvalue weighted by Gasteiger charge is -2.26. The van der Waals surface area contributed by atoms with Crippen molar-refractivity contribution in [2.24, 2.45) is 0 Å². The van der Waals surface area contributed by atoms with Gasteiger partial charge in [0, 0.05) is 18.3 Å². The Morgan fingerprint density at radius 3 is 2.67 bits per heavy atom. The largest absolute Gasteiger partial charge is 0.398 e. The number of para-hydroxylation sites is 1. The molecule has 1 aliphatic carbocycles. The van der Waals surface area contributed by atoms with Crippen LogP contribution in [0, 0.1) is 18.3 Å². The van der Waals surface area contributed by atoms with Crippen molar-refractivity contribution >= 4 is 11.4 Å². The zero-order chi connectivity index (χ0) is 14.8. The molecule has 2 aromatic rings. The smallest absolute Gasteiger partial charge is 0.101 e. The van der Waals surface area contributed by atoms with E-state index in [1.165, 1.54) is 18.4 Å². The third-order valence-corrected chi connectivity index (χ3v) is 3.97. The third kappa shape index (κ3) is 2.85. The maximum atomic E-state index is 9.38. The lowest BCUT2D eigenvalue weighted by Crippen LogP contribution is -2.26. The Morgan fingerprint density at radius 1 is 1.24 bits per heavy atom. The summed E-state index contributed by atoms with van der Waals surface area (Å²) in [4.78, 5) is 2.33. The molecule has 0 radical (unpaired) electrons. The molecule has 3 heteroatoms. The van der Waals surface area contributed by atoms with Gasteiger partial charge < -0.3 is 10.6 Å². The molecule has 0 spiro atoms. The summed E-state index contributed by atoms with van der Waals surface area (Å²) in [5.41, 5.74) is 11.0. The number of nitrogen functional groups attached to an aromatic ring is 1. The summed E-state index contributed by atoms with van der Waals surface area (Å²) >= 11 is 0. The van der Waals surface area contributed by atoms with Crippen molar-refractivity contribution in [2.75, 3.05) is 10.6 Å². The van der Waals surface area contributed by atoms with Gasteiger partial charge in [-0.1, -0.05) is 24.3 Å². The van der Waals surface area contributed by atoms with Gasteiger partial charge in [-0.25, -0.2) is 0 Å². The minimum atomic E-state index is 0.526. The topological polar surface area (TPSA) is 53.0 Å². The molecule has 3 nitrogen and oxygen atoms in total. The first kappa shape index (κ1) is 13.5. The molecule has 0 aromatic heterocycles. The zero-order valence-electron chi connectivity index (χ0n) is 12.2. The molecule has 3 rings (SSSR count). The van der Waals surface area contributed by atoms with Crippen LogP contribution in [0.3, 0.4) is 0 Å². The molecule has 0 unspecified atom stereocenters. The van der Waals surface area contributed by atoms with E-state index in [1.807, 2.05) is 30.3 Å². The molecule has 1 saturated carbocycles. The summed E-state index contributed by atoms with van der Waals surface area (Å²) < 4.78 is 0. The molecule has 1 aliphatic rings. The van der Waals surface area contributed by atoms with Crippen molar-refractivity contribution in [2.45, 2.75) is 32.4 Å². The summed E-state index contributed by atoms with van der Waals surface area (Å²) in [7, 11) is 0. The normalized spacial score (nSPS) is 13.7. The second-order valence-electron chi connectivity index (χ2n) is 5.69. The highest BCUT2D eigenvalue weighted by Crippen LogP contribution is 2.35. The van der Waals surface area contributed by atoms with Crippen LogP contribution in [0.1, 0.15) is 29.5 Å². The number of nitrogens with two attached hydrogens (primary N) is 1. The summed E-state index contributed by atoms with van der Waals surface area (Å²) in [6.45, 7) is 2.82. The third-order valence-electron chi connectivity index (χ3n) is 3.97. The van der Waals surface area contributed by atoms with E-state index in [2.05, 4.69) is 30.0 Å². The van der Waals surface area contributed by atoms with E-state index >= 15 is 0 Å². The van der Waals surface area contributed by atoms with E-state index in [0.29, 0.717) is 6.04 Å². The van der Waals surface area contributed by atoms with Gasteiger partial charge in [0.1, 0.15) is 6.07 Å². The quantitative estimate of drug-likeness (QED) is 0.868. The van der Waals surface area contributed by atoms with Gasteiger partial charge in [0.2, 0.25) is 0 Å². The monoisotopic (exact) mass is 277 g/mol. The second kappa shape index (κ2) is 5.49. The Labute approximate surface area is 125 Å². The highest BCUT2D eigenvalue weighted by molar-refractivity contribution is 5.63. The fourth-order valence-electron chi connectivity index (χ4n) is 2.63. The van der Waals surface area contributed by atoms with Gasteiger partial charge in [0.25, 0.3) is 0 Å². The molecule has 21 heavy (non-hydrogen) atoms. The van der Waals surface area contributed by atoms with Gasteiger partial charge in [-0.2, -0.15) is 5.26 Å². The van der Waals surface area contributed by atoms with Crippen LogP contribution in [0.4, 0.5) is 11.4 Å². The SMILES string of the molecule is Cc1ccc(C#N)c(N(Cc2ccccc2N)C2CC2)c1. The van der Waals surface area contributed by atoms with Crippen LogP contribution < -0.4 is 10.6 Å². The second-order valence-corrected chi connectivity index (χ2v) is 5.69. The number of anilines is 2. The van der Waals surface area contributed by atoms with Gasteiger partial charge in [-0.05, 0) is 49.1 Å². The summed E-state index contributed by atoms with van der Waals surface area (Å²) in [5, 5.41) is 9.38. The minimum Gasteiger partial charge on any atom is -0.398 e. The number of rotatable bonds is 4. The van der Waals surface area contributed by atoms with Crippen molar-refractivity contribution in [3.8, 4) is 6.07 Å². The number of aryl methyl sites for hydroxylation is 1. The van der Waals surface area contributed by atoms with Crippen LogP contribution in [-0.2, 0) is 6.54 Å². The number of benzene rings is 2. The zero-order valence-corrected chi connectivity index (χ0v) is 12.2. The van der Waals surface area contributed by atoms with Gasteiger partial charge in [0.15, 0.2) is 0 Å². The standard InChI is InChI=1S/C18H19N3/c1-13-6-7-14(11-19)18(10-13)21(16-8-9-16)12-15-4-2-3-5-17(15)20/h2-7,10,16H,8-9,12,20H2,1H3. The van der Waals surface area contributed by atoms with E-state index < -0.39 is 0 Å². The first-order valence-electron chi connectivity index (χ1n) is 7.30. The molecule has 1 fully saturated rings. The highest BCUT2D eigenvalue weighted by atomic mass is 15.2. The first-order valence-corrected chi connectivity index (χ1v) is 7.30. The number of nitrogens with zero attached hydrogens (tertiary/aromatic N) is 2. The van der Waals surface area contributed by atoms with Crippen LogP contribution in [0.2, 0.25) is 0 Å². The van der Waals surface area contributed by atoms with Crippen molar-refractivity contribution in [3.05, 3.63) is 59.2 Å². The summed E-state index contributed by atoms with van der Waals surface area (Å²) in [5.74, 6) is 0. The molecule has 0 atom stereocenters. The highest BCUT2D eigenvalue weighted by Gasteiger charge is 2.30. The Bertz CT molecular complexity index is 696. The van der Waals surface area contributed by atoms with E-state index in [-0.39, 0.29) is 0 Å². The van der Waals surface area contributed by atoms with Crippen molar-refractivity contribution < 1.29 is 0 Å². The van der Waals surface area contributed by atoms with Gasteiger partial charge in [-0.15, -0.1) is 0 Å². The summed E-state index contributed by atoms with van der Waals surface area (Å²) in [6, 6.07) is 16.8. The molecule has 0 amide bonds. The fourth-order valence-corrected chi connectivity index (χ4v) is 2.63. The Balaban J connectivity index is 1.98. The summed E-state index contributed by atoms with van der Waals surface area (Å²) in [6.07, 6.45) is 2.37. The van der Waals surface area contributed by atoms with Crippen molar-refractivity contribution in [1.29, 1.82) is 5.26 Å². The van der Waals surface area contributed by atoms with E-state index in [0.717, 1.165) is 29.0 Å². The van der Waals surface area contributed by atoms with E-state index in [9.17, 15) is 5.26 Å². The maximum absolute atomic E-state index is 9.38. The molecular weight excluding hydrogens is 258 g/mol. The van der Waals surface area contributed by atoms with Gasteiger partial charge in [-0.3, -0.25) is 0 Å². The molecular formula is C18H19N3. The lowest BCUT2D eigenvalue weighted by molar-refractivity contribution is 0.794.